The molecule has 0 saturated heterocycles. The molecule has 88 valence electrons. The first-order valence-corrected chi connectivity index (χ1v) is 7.49. The highest BCUT2D eigenvalue weighted by atomic mass is 32.1. The molecule has 2 aromatic heterocycles. The zero-order chi connectivity index (χ0) is 12.4. The van der Waals surface area contributed by atoms with Gasteiger partial charge in [0.2, 0.25) is 0 Å². The first-order valence-electron chi connectivity index (χ1n) is 5.73. The van der Waals surface area contributed by atoms with Gasteiger partial charge in [-0.25, -0.2) is 0 Å². The Kier molecular flexibility index (Phi) is 3.13. The van der Waals surface area contributed by atoms with E-state index in [1.165, 1.54) is 26.4 Å². The van der Waals surface area contributed by atoms with Crippen molar-refractivity contribution in [2.45, 2.75) is 0 Å². The van der Waals surface area contributed by atoms with E-state index in [1.807, 2.05) is 6.08 Å². The Bertz CT molecular complexity index is 594. The highest BCUT2D eigenvalue weighted by Gasteiger charge is 2.10. The van der Waals surface area contributed by atoms with Gasteiger partial charge in [0.25, 0.3) is 0 Å². The summed E-state index contributed by atoms with van der Waals surface area (Å²) < 4.78 is 0. The molecule has 0 spiro atoms. The lowest BCUT2D eigenvalue weighted by Gasteiger charge is -2.09. The molecule has 0 unspecified atom stereocenters. The van der Waals surface area contributed by atoms with Crippen molar-refractivity contribution in [2.24, 2.45) is 0 Å². The Hall–Kier alpha value is -1.64. The number of hydrogen-bond acceptors (Lipinski definition) is 2. The van der Waals surface area contributed by atoms with E-state index in [1.54, 1.807) is 22.7 Å². The second kappa shape index (κ2) is 4.92. The van der Waals surface area contributed by atoms with Crippen molar-refractivity contribution in [1.29, 1.82) is 0 Å². The topological polar surface area (TPSA) is 0 Å². The summed E-state index contributed by atoms with van der Waals surface area (Å²) in [7, 11) is 0. The minimum Gasteiger partial charge on any atom is -0.144 e. The number of hydrogen-bond donors (Lipinski definition) is 0. The molecule has 2 heterocycles. The maximum absolute atomic E-state index is 3.98. The minimum absolute atomic E-state index is 1.22. The van der Waals surface area contributed by atoms with E-state index in [2.05, 4.69) is 59.8 Å². The molecule has 0 aliphatic rings. The molecule has 0 bridgehead atoms. The zero-order valence-corrected chi connectivity index (χ0v) is 11.4. The predicted octanol–water partition coefficient (Wildman–Crippen LogP) is 5.79. The highest BCUT2D eigenvalue weighted by Crippen LogP contribution is 2.36. The lowest BCUT2D eigenvalue weighted by molar-refractivity contribution is 1.64. The normalized spacial score (nSPS) is 10.4. The number of thiophene rings is 2. The van der Waals surface area contributed by atoms with Crippen LogP contribution < -0.4 is 0 Å². The molecule has 0 aliphatic carbocycles. The van der Waals surface area contributed by atoms with E-state index in [-0.39, 0.29) is 0 Å². The Balaban J connectivity index is 2.23. The monoisotopic (exact) mass is 268 g/mol. The van der Waals surface area contributed by atoms with Gasteiger partial charge in [0, 0.05) is 9.75 Å². The summed E-state index contributed by atoms with van der Waals surface area (Å²) in [6.07, 6.45) is 1.96. The second-order valence-corrected chi connectivity index (χ2v) is 5.82. The Labute approximate surface area is 115 Å². The standard InChI is InChI=1S/C16H12S2/c1-2-12-13(15-8-4-10-17-15)6-3-7-14(12)16-9-5-11-18-16/h2-11H,1H2. The third-order valence-electron chi connectivity index (χ3n) is 2.88. The fourth-order valence-corrected chi connectivity index (χ4v) is 3.61. The van der Waals surface area contributed by atoms with Gasteiger partial charge in [-0.1, -0.05) is 43.0 Å². The summed E-state index contributed by atoms with van der Waals surface area (Å²) in [6, 6.07) is 14.9. The van der Waals surface area contributed by atoms with Crippen molar-refractivity contribution in [3.05, 3.63) is 65.4 Å². The van der Waals surface area contributed by atoms with Crippen LogP contribution in [-0.4, -0.2) is 0 Å². The van der Waals surface area contributed by atoms with Crippen LogP contribution in [0.4, 0.5) is 0 Å². The lowest BCUT2D eigenvalue weighted by atomic mass is 9.99. The van der Waals surface area contributed by atoms with E-state index in [0.29, 0.717) is 0 Å². The summed E-state index contributed by atoms with van der Waals surface area (Å²) >= 11 is 3.53. The van der Waals surface area contributed by atoms with Crippen LogP contribution in [0.3, 0.4) is 0 Å². The third kappa shape index (κ3) is 1.94. The van der Waals surface area contributed by atoms with Crippen LogP contribution >= 0.6 is 22.7 Å². The van der Waals surface area contributed by atoms with E-state index in [4.69, 9.17) is 0 Å². The quantitative estimate of drug-likeness (QED) is 0.564. The molecule has 2 heteroatoms. The molecule has 18 heavy (non-hydrogen) atoms. The Morgan fingerprint density at radius 2 is 1.33 bits per heavy atom. The Morgan fingerprint density at radius 3 is 1.72 bits per heavy atom. The predicted molar refractivity (Wildman–Crippen MR) is 83.2 cm³/mol. The molecule has 1 aromatic carbocycles. The van der Waals surface area contributed by atoms with Crippen molar-refractivity contribution in [2.75, 3.05) is 0 Å². The van der Waals surface area contributed by atoms with Crippen LogP contribution in [-0.2, 0) is 0 Å². The molecular formula is C16H12S2. The highest BCUT2D eigenvalue weighted by molar-refractivity contribution is 7.14. The van der Waals surface area contributed by atoms with Crippen LogP contribution in [0.25, 0.3) is 27.0 Å². The summed E-state index contributed by atoms with van der Waals surface area (Å²) in [5, 5.41) is 4.22. The molecule has 0 amide bonds. The zero-order valence-electron chi connectivity index (χ0n) is 9.80. The molecule has 0 atom stereocenters. The van der Waals surface area contributed by atoms with Gasteiger partial charge in [-0.3, -0.25) is 0 Å². The molecule has 0 N–H and O–H groups in total. The molecule has 0 radical (unpaired) electrons. The third-order valence-corrected chi connectivity index (χ3v) is 4.69. The average Bonchev–Trinajstić information content (AvgIpc) is 3.10. The van der Waals surface area contributed by atoms with E-state index in [0.717, 1.165) is 0 Å². The van der Waals surface area contributed by atoms with Gasteiger partial charge in [-0.2, -0.15) is 0 Å². The molecule has 0 saturated carbocycles. The van der Waals surface area contributed by atoms with Crippen molar-refractivity contribution < 1.29 is 0 Å². The molecule has 3 rings (SSSR count). The first-order chi connectivity index (χ1) is 8.90. The van der Waals surface area contributed by atoms with Gasteiger partial charge >= 0.3 is 0 Å². The largest absolute Gasteiger partial charge is 0.144 e. The van der Waals surface area contributed by atoms with Crippen LogP contribution in [0.2, 0.25) is 0 Å². The van der Waals surface area contributed by atoms with Gasteiger partial charge in [0.05, 0.1) is 0 Å². The second-order valence-electron chi connectivity index (χ2n) is 3.93. The Morgan fingerprint density at radius 1 is 0.778 bits per heavy atom. The lowest BCUT2D eigenvalue weighted by Crippen LogP contribution is -1.84. The average molecular weight is 268 g/mol. The van der Waals surface area contributed by atoms with Crippen molar-refractivity contribution in [3.8, 4) is 20.9 Å². The van der Waals surface area contributed by atoms with E-state index < -0.39 is 0 Å². The summed E-state index contributed by atoms with van der Waals surface area (Å²) in [4.78, 5) is 2.59. The SMILES string of the molecule is C=Cc1c(-c2cccs2)cccc1-c1cccs1. The fraction of sp³-hybridized carbons (Fsp3) is 0. The van der Waals surface area contributed by atoms with Crippen molar-refractivity contribution in [1.82, 2.24) is 0 Å². The molecule has 3 aromatic rings. The van der Waals surface area contributed by atoms with Crippen LogP contribution in [0.5, 0.6) is 0 Å². The minimum atomic E-state index is 1.22. The maximum atomic E-state index is 3.98. The summed E-state index contributed by atoms with van der Waals surface area (Å²) in [6.45, 7) is 3.98. The van der Waals surface area contributed by atoms with Gasteiger partial charge in [0.15, 0.2) is 0 Å². The smallest absolute Gasteiger partial charge is 0.0348 e. The van der Waals surface area contributed by atoms with Gasteiger partial charge in [-0.15, -0.1) is 22.7 Å². The van der Waals surface area contributed by atoms with E-state index >= 15 is 0 Å². The number of rotatable bonds is 3. The van der Waals surface area contributed by atoms with Gasteiger partial charge < -0.3 is 0 Å². The van der Waals surface area contributed by atoms with Crippen LogP contribution in [0, 0.1) is 0 Å². The molecule has 0 aliphatic heterocycles. The van der Waals surface area contributed by atoms with Gasteiger partial charge in [0.1, 0.15) is 0 Å². The molecule has 0 nitrogen and oxygen atoms in total. The van der Waals surface area contributed by atoms with Gasteiger partial charge in [-0.05, 0) is 39.6 Å². The van der Waals surface area contributed by atoms with Crippen molar-refractivity contribution >= 4 is 28.7 Å². The number of benzene rings is 1. The molecule has 0 fully saturated rings. The summed E-state index contributed by atoms with van der Waals surface area (Å²) in [5.74, 6) is 0. The van der Waals surface area contributed by atoms with E-state index in [9.17, 15) is 0 Å². The van der Waals surface area contributed by atoms with Crippen molar-refractivity contribution in [3.63, 3.8) is 0 Å². The first kappa shape index (κ1) is 11.5. The summed E-state index contributed by atoms with van der Waals surface area (Å²) in [5.41, 5.74) is 3.76. The fourth-order valence-electron chi connectivity index (χ4n) is 2.08. The van der Waals surface area contributed by atoms with Crippen LogP contribution in [0.1, 0.15) is 5.56 Å². The maximum Gasteiger partial charge on any atom is 0.0348 e. The molecular weight excluding hydrogens is 256 g/mol. The van der Waals surface area contributed by atoms with Crippen LogP contribution in [0.15, 0.2) is 59.8 Å².